The molecule has 0 saturated heterocycles. The number of alkyl halides is 1. The molecule has 0 amide bonds. The first-order valence-corrected chi connectivity index (χ1v) is 9.04. The minimum Gasteiger partial charge on any atom is -0.464 e. The van der Waals surface area contributed by atoms with Gasteiger partial charge in [-0.2, -0.15) is 0 Å². The SMILES string of the molecule is CCC(C)(I)C(=O)OCC12CC3(O)CC(O)(CC(O)(C3)C1)C2. The van der Waals surface area contributed by atoms with Gasteiger partial charge in [0.25, 0.3) is 0 Å². The molecule has 0 aromatic heterocycles. The summed E-state index contributed by atoms with van der Waals surface area (Å²) in [4.78, 5) is 12.2. The Bertz CT molecular complexity index is 449. The van der Waals surface area contributed by atoms with Crippen LogP contribution in [0.4, 0.5) is 0 Å². The first kappa shape index (κ1) is 16.9. The molecule has 0 aromatic carbocycles. The fourth-order valence-electron chi connectivity index (χ4n) is 5.35. The van der Waals surface area contributed by atoms with E-state index < -0.39 is 25.6 Å². The zero-order chi connectivity index (χ0) is 16.4. The van der Waals surface area contributed by atoms with Crippen LogP contribution in [-0.2, 0) is 9.53 Å². The maximum absolute atomic E-state index is 12.2. The first-order chi connectivity index (χ1) is 9.93. The van der Waals surface area contributed by atoms with E-state index in [2.05, 4.69) is 22.6 Å². The van der Waals surface area contributed by atoms with Crippen molar-refractivity contribution in [3.63, 3.8) is 0 Å². The van der Waals surface area contributed by atoms with E-state index >= 15 is 0 Å². The first-order valence-electron chi connectivity index (χ1n) is 7.96. The lowest BCUT2D eigenvalue weighted by atomic mass is 9.45. The van der Waals surface area contributed by atoms with Crippen LogP contribution < -0.4 is 0 Å². The summed E-state index contributed by atoms with van der Waals surface area (Å²) in [7, 11) is 0. The third-order valence-corrected chi connectivity index (χ3v) is 6.89. The van der Waals surface area contributed by atoms with Crippen LogP contribution in [0.15, 0.2) is 0 Å². The molecule has 4 aliphatic carbocycles. The molecule has 4 fully saturated rings. The Balaban J connectivity index is 1.78. The maximum Gasteiger partial charge on any atom is 0.321 e. The van der Waals surface area contributed by atoms with Crippen LogP contribution in [0.25, 0.3) is 0 Å². The molecule has 1 unspecified atom stereocenters. The standard InChI is InChI=1S/C16H25IO5/c1-3-12(2,17)11(18)22-10-13-4-14(19)7-15(20,5-13)9-16(21,6-13)8-14/h19-21H,3-10H2,1-2H3. The summed E-state index contributed by atoms with van der Waals surface area (Å²) in [5.41, 5.74) is -3.63. The Morgan fingerprint density at radius 1 is 1.05 bits per heavy atom. The van der Waals surface area contributed by atoms with E-state index in [0.717, 1.165) is 0 Å². The average molecular weight is 424 g/mol. The van der Waals surface area contributed by atoms with Crippen LogP contribution in [-0.4, -0.2) is 48.1 Å². The van der Waals surface area contributed by atoms with Gasteiger partial charge in [0.1, 0.15) is 3.42 Å². The Kier molecular flexibility index (Phi) is 3.69. The molecule has 126 valence electrons. The van der Waals surface area contributed by atoms with Gasteiger partial charge in [0.2, 0.25) is 0 Å². The number of halogens is 1. The third kappa shape index (κ3) is 2.80. The smallest absolute Gasteiger partial charge is 0.321 e. The number of ether oxygens (including phenoxy) is 1. The van der Waals surface area contributed by atoms with Crippen molar-refractivity contribution in [2.24, 2.45) is 5.41 Å². The van der Waals surface area contributed by atoms with E-state index in [4.69, 9.17) is 4.74 Å². The van der Waals surface area contributed by atoms with Gasteiger partial charge in [-0.05, 0) is 32.6 Å². The van der Waals surface area contributed by atoms with Gasteiger partial charge in [-0.15, -0.1) is 0 Å². The zero-order valence-electron chi connectivity index (χ0n) is 13.2. The van der Waals surface area contributed by atoms with Gasteiger partial charge in [0, 0.05) is 24.7 Å². The van der Waals surface area contributed by atoms with Crippen molar-refractivity contribution >= 4 is 28.6 Å². The van der Waals surface area contributed by atoms with Crippen LogP contribution in [0.5, 0.6) is 0 Å². The van der Waals surface area contributed by atoms with E-state index in [1.807, 2.05) is 13.8 Å². The van der Waals surface area contributed by atoms with Crippen LogP contribution in [0, 0.1) is 5.41 Å². The Hall–Kier alpha value is 0.0800. The minimum absolute atomic E-state index is 0.164. The van der Waals surface area contributed by atoms with Crippen molar-refractivity contribution in [3.05, 3.63) is 0 Å². The number of esters is 1. The number of carbonyl (C=O) groups excluding carboxylic acids is 1. The summed E-state index contributed by atoms with van der Waals surface area (Å²) in [5.74, 6) is -0.266. The molecule has 4 aliphatic rings. The van der Waals surface area contributed by atoms with E-state index in [1.165, 1.54) is 0 Å². The second kappa shape index (κ2) is 4.80. The molecule has 0 radical (unpaired) electrons. The number of rotatable bonds is 4. The Morgan fingerprint density at radius 2 is 1.45 bits per heavy atom. The van der Waals surface area contributed by atoms with Gasteiger partial charge in [-0.1, -0.05) is 29.5 Å². The van der Waals surface area contributed by atoms with E-state index in [9.17, 15) is 20.1 Å². The van der Waals surface area contributed by atoms with Crippen LogP contribution in [0.3, 0.4) is 0 Å². The summed E-state index contributed by atoms with van der Waals surface area (Å²) in [6.45, 7) is 3.94. The molecule has 4 saturated carbocycles. The average Bonchev–Trinajstić information content (AvgIpc) is 2.30. The van der Waals surface area contributed by atoms with Crippen LogP contribution >= 0.6 is 22.6 Å². The Labute approximate surface area is 144 Å². The minimum atomic E-state index is -1.04. The highest BCUT2D eigenvalue weighted by molar-refractivity contribution is 14.1. The summed E-state index contributed by atoms with van der Waals surface area (Å²) in [6, 6.07) is 0. The molecular weight excluding hydrogens is 399 g/mol. The maximum atomic E-state index is 12.2. The summed E-state index contributed by atoms with van der Waals surface area (Å²) < 4.78 is 4.97. The lowest BCUT2D eigenvalue weighted by molar-refractivity contribution is -0.286. The molecule has 5 nitrogen and oxygen atoms in total. The quantitative estimate of drug-likeness (QED) is 0.363. The Morgan fingerprint density at radius 3 is 1.82 bits per heavy atom. The normalized spacial score (nSPS) is 49.0. The lowest BCUT2D eigenvalue weighted by Crippen LogP contribution is -2.70. The van der Waals surface area contributed by atoms with Gasteiger partial charge in [0.05, 0.1) is 23.4 Å². The largest absolute Gasteiger partial charge is 0.464 e. The third-order valence-electron chi connectivity index (χ3n) is 5.69. The predicted octanol–water partition coefficient (Wildman–Crippen LogP) is 1.69. The van der Waals surface area contributed by atoms with Crippen molar-refractivity contribution in [1.29, 1.82) is 0 Å². The number of carbonyl (C=O) groups is 1. The summed E-state index contributed by atoms with van der Waals surface area (Å²) in [5, 5.41) is 32.1. The van der Waals surface area contributed by atoms with Crippen LogP contribution in [0.2, 0.25) is 0 Å². The van der Waals surface area contributed by atoms with Crippen molar-refractivity contribution in [2.75, 3.05) is 6.61 Å². The fourth-order valence-corrected chi connectivity index (χ4v) is 5.50. The van der Waals surface area contributed by atoms with Crippen molar-refractivity contribution in [1.82, 2.24) is 0 Å². The van der Waals surface area contributed by atoms with Gasteiger partial charge in [-0.3, -0.25) is 4.79 Å². The molecule has 0 aliphatic heterocycles. The summed E-state index contributed by atoms with van der Waals surface area (Å²) in [6.07, 6.45) is 3.09. The molecule has 1 atom stereocenters. The van der Waals surface area contributed by atoms with Crippen molar-refractivity contribution in [2.45, 2.75) is 79.0 Å². The monoisotopic (exact) mass is 424 g/mol. The molecular formula is C16H25IO5. The van der Waals surface area contributed by atoms with E-state index in [1.54, 1.807) is 0 Å². The van der Waals surface area contributed by atoms with Gasteiger partial charge >= 0.3 is 5.97 Å². The molecule has 0 heterocycles. The van der Waals surface area contributed by atoms with E-state index in [-0.39, 0.29) is 12.6 Å². The molecule has 22 heavy (non-hydrogen) atoms. The molecule has 3 N–H and O–H groups in total. The fraction of sp³-hybridized carbons (Fsp3) is 0.938. The topological polar surface area (TPSA) is 87.0 Å². The van der Waals surface area contributed by atoms with Gasteiger partial charge < -0.3 is 20.1 Å². The number of aliphatic hydroxyl groups is 3. The van der Waals surface area contributed by atoms with Crippen molar-refractivity contribution < 1.29 is 24.9 Å². The second-order valence-electron chi connectivity index (χ2n) is 8.36. The highest BCUT2D eigenvalue weighted by Crippen LogP contribution is 2.64. The molecule has 4 bridgehead atoms. The predicted molar refractivity (Wildman–Crippen MR) is 88.7 cm³/mol. The molecule has 0 spiro atoms. The molecule has 6 heteroatoms. The zero-order valence-corrected chi connectivity index (χ0v) is 15.4. The highest BCUT2D eigenvalue weighted by Gasteiger charge is 2.68. The van der Waals surface area contributed by atoms with Crippen molar-refractivity contribution in [3.8, 4) is 0 Å². The van der Waals surface area contributed by atoms with E-state index in [0.29, 0.717) is 44.9 Å². The molecule has 0 aromatic rings. The molecule has 4 rings (SSSR count). The number of hydrogen-bond donors (Lipinski definition) is 3. The van der Waals surface area contributed by atoms with Gasteiger partial charge in [-0.25, -0.2) is 0 Å². The van der Waals surface area contributed by atoms with Gasteiger partial charge in [0.15, 0.2) is 0 Å². The summed E-state index contributed by atoms with van der Waals surface area (Å²) >= 11 is 2.09. The highest BCUT2D eigenvalue weighted by atomic mass is 127. The van der Waals surface area contributed by atoms with Crippen LogP contribution in [0.1, 0.15) is 58.8 Å². The number of hydrogen-bond acceptors (Lipinski definition) is 5. The lowest BCUT2D eigenvalue weighted by Gasteiger charge is -2.65. The second-order valence-corrected chi connectivity index (χ2v) is 10.7.